The first-order chi connectivity index (χ1) is 8.08. The quantitative estimate of drug-likeness (QED) is 0.807. The van der Waals surface area contributed by atoms with Gasteiger partial charge in [0.1, 0.15) is 6.04 Å². The Morgan fingerprint density at radius 2 is 2.35 bits per heavy atom. The van der Waals surface area contributed by atoms with Gasteiger partial charge < -0.3 is 9.42 Å². The van der Waals surface area contributed by atoms with E-state index in [2.05, 4.69) is 24.0 Å². The van der Waals surface area contributed by atoms with Crippen molar-refractivity contribution in [1.29, 1.82) is 0 Å². The maximum Gasteiger partial charge on any atom is 0.249 e. The molecule has 2 rings (SSSR count). The average molecular weight is 237 g/mol. The number of aryl methyl sites for hydroxylation is 1. The lowest BCUT2D eigenvalue weighted by molar-refractivity contribution is -0.133. The fraction of sp³-hybridized carbons (Fsp3) is 0.750. The van der Waals surface area contributed by atoms with Gasteiger partial charge in [-0.3, -0.25) is 4.79 Å². The van der Waals surface area contributed by atoms with Gasteiger partial charge in [0.25, 0.3) is 0 Å². The summed E-state index contributed by atoms with van der Waals surface area (Å²) in [4.78, 5) is 18.2. The van der Waals surface area contributed by atoms with Crippen molar-refractivity contribution in [3.63, 3.8) is 0 Å². The van der Waals surface area contributed by atoms with Gasteiger partial charge in [0, 0.05) is 13.0 Å². The fourth-order valence-electron chi connectivity index (χ4n) is 2.24. The first kappa shape index (κ1) is 12.1. The van der Waals surface area contributed by atoms with Crippen molar-refractivity contribution in [1.82, 2.24) is 15.0 Å². The van der Waals surface area contributed by atoms with Gasteiger partial charge in [0.15, 0.2) is 5.82 Å². The minimum absolute atomic E-state index is 0.0116. The van der Waals surface area contributed by atoms with Crippen LogP contribution in [0.4, 0.5) is 0 Å². The summed E-state index contributed by atoms with van der Waals surface area (Å²) < 4.78 is 5.18. The molecule has 1 fully saturated rings. The smallest absolute Gasteiger partial charge is 0.249 e. The summed E-state index contributed by atoms with van der Waals surface area (Å²) in [6.07, 6.45) is 2.52. The largest absolute Gasteiger partial charge is 0.337 e. The second kappa shape index (κ2) is 4.85. The minimum atomic E-state index is -0.0116. The molecule has 17 heavy (non-hydrogen) atoms. The fourth-order valence-corrected chi connectivity index (χ4v) is 2.24. The van der Waals surface area contributed by atoms with Crippen LogP contribution in [0.1, 0.15) is 50.9 Å². The highest BCUT2D eigenvalue weighted by atomic mass is 16.5. The molecular weight excluding hydrogens is 218 g/mol. The zero-order chi connectivity index (χ0) is 12.4. The van der Waals surface area contributed by atoms with Gasteiger partial charge in [-0.1, -0.05) is 19.0 Å². The molecule has 1 aliphatic heterocycles. The van der Waals surface area contributed by atoms with E-state index >= 15 is 0 Å². The third-order valence-electron chi connectivity index (χ3n) is 2.98. The standard InChI is InChI=1S/C12H19N3O2/c1-8(2)7-11(16)15-6-4-5-10(15)12-13-9(3)14-17-12/h8,10H,4-7H2,1-3H3. The molecule has 1 atom stereocenters. The monoisotopic (exact) mass is 237 g/mol. The molecule has 0 bridgehead atoms. The Morgan fingerprint density at radius 1 is 1.59 bits per heavy atom. The third-order valence-corrected chi connectivity index (χ3v) is 2.98. The predicted octanol–water partition coefficient (Wildman–Crippen LogP) is 2.09. The number of hydrogen-bond donors (Lipinski definition) is 0. The van der Waals surface area contributed by atoms with Crippen LogP contribution >= 0.6 is 0 Å². The molecular formula is C12H19N3O2. The van der Waals surface area contributed by atoms with Crippen molar-refractivity contribution < 1.29 is 9.32 Å². The van der Waals surface area contributed by atoms with Crippen molar-refractivity contribution in [2.24, 2.45) is 5.92 Å². The lowest BCUT2D eigenvalue weighted by Gasteiger charge is -2.22. The number of rotatable bonds is 3. The minimum Gasteiger partial charge on any atom is -0.337 e. The number of likely N-dealkylation sites (tertiary alicyclic amines) is 1. The molecule has 2 heterocycles. The Bertz CT molecular complexity index is 400. The maximum atomic E-state index is 12.1. The molecule has 0 saturated carbocycles. The van der Waals surface area contributed by atoms with Gasteiger partial charge in [0.2, 0.25) is 11.8 Å². The SMILES string of the molecule is Cc1noc(C2CCCN2C(=O)CC(C)C)n1. The molecule has 0 radical (unpaired) electrons. The van der Waals surface area contributed by atoms with Gasteiger partial charge in [-0.05, 0) is 25.7 Å². The summed E-state index contributed by atoms with van der Waals surface area (Å²) in [6, 6.07) is -0.0116. The lowest BCUT2D eigenvalue weighted by Crippen LogP contribution is -2.31. The van der Waals surface area contributed by atoms with Crippen molar-refractivity contribution in [3.8, 4) is 0 Å². The highest BCUT2D eigenvalue weighted by molar-refractivity contribution is 5.77. The first-order valence-electron chi connectivity index (χ1n) is 6.17. The summed E-state index contributed by atoms with van der Waals surface area (Å²) in [5.74, 6) is 1.78. The van der Waals surface area contributed by atoms with Crippen LogP contribution in [0.5, 0.6) is 0 Å². The van der Waals surface area contributed by atoms with E-state index in [0.29, 0.717) is 24.1 Å². The normalized spacial score (nSPS) is 20.2. The highest BCUT2D eigenvalue weighted by Crippen LogP contribution is 2.31. The number of amides is 1. The molecule has 0 aromatic carbocycles. The van der Waals surface area contributed by atoms with Crippen LogP contribution in [0.2, 0.25) is 0 Å². The van der Waals surface area contributed by atoms with E-state index in [9.17, 15) is 4.79 Å². The van der Waals surface area contributed by atoms with Gasteiger partial charge in [-0.25, -0.2) is 0 Å². The number of carbonyl (C=O) groups excluding carboxylic acids is 1. The Morgan fingerprint density at radius 3 is 2.94 bits per heavy atom. The van der Waals surface area contributed by atoms with Crippen LogP contribution in [0, 0.1) is 12.8 Å². The number of aromatic nitrogens is 2. The summed E-state index contributed by atoms with van der Waals surface area (Å²) >= 11 is 0. The Kier molecular flexibility index (Phi) is 3.45. The molecule has 5 heteroatoms. The van der Waals surface area contributed by atoms with E-state index in [1.54, 1.807) is 6.92 Å². The molecule has 1 saturated heterocycles. The molecule has 5 nitrogen and oxygen atoms in total. The molecule has 1 amide bonds. The van der Waals surface area contributed by atoms with Gasteiger partial charge in [-0.15, -0.1) is 0 Å². The van der Waals surface area contributed by atoms with Crippen LogP contribution < -0.4 is 0 Å². The first-order valence-corrected chi connectivity index (χ1v) is 6.17. The van der Waals surface area contributed by atoms with Crippen LogP contribution in [0.3, 0.4) is 0 Å². The lowest BCUT2D eigenvalue weighted by atomic mass is 10.1. The maximum absolute atomic E-state index is 12.1. The molecule has 0 N–H and O–H groups in total. The molecule has 1 unspecified atom stereocenters. The Balaban J connectivity index is 2.09. The molecule has 1 aliphatic rings. The van der Waals surface area contributed by atoms with Crippen molar-refractivity contribution in [2.45, 2.75) is 46.1 Å². The van der Waals surface area contributed by atoms with E-state index < -0.39 is 0 Å². The molecule has 0 aliphatic carbocycles. The van der Waals surface area contributed by atoms with Gasteiger partial charge in [-0.2, -0.15) is 4.98 Å². The molecule has 1 aromatic rings. The van der Waals surface area contributed by atoms with Crippen molar-refractivity contribution >= 4 is 5.91 Å². The van der Waals surface area contributed by atoms with E-state index in [1.807, 2.05) is 4.90 Å². The summed E-state index contributed by atoms with van der Waals surface area (Å²) in [7, 11) is 0. The zero-order valence-electron chi connectivity index (χ0n) is 10.6. The molecule has 0 spiro atoms. The summed E-state index contributed by atoms with van der Waals surface area (Å²) in [6.45, 7) is 6.71. The number of hydrogen-bond acceptors (Lipinski definition) is 4. The second-order valence-electron chi connectivity index (χ2n) is 5.02. The summed E-state index contributed by atoms with van der Waals surface area (Å²) in [5.41, 5.74) is 0. The van der Waals surface area contributed by atoms with E-state index in [4.69, 9.17) is 4.52 Å². The Hall–Kier alpha value is -1.39. The second-order valence-corrected chi connectivity index (χ2v) is 5.02. The van der Waals surface area contributed by atoms with Gasteiger partial charge in [0.05, 0.1) is 0 Å². The molecule has 1 aromatic heterocycles. The van der Waals surface area contributed by atoms with Crippen LogP contribution in [0.15, 0.2) is 4.52 Å². The predicted molar refractivity (Wildman–Crippen MR) is 62.2 cm³/mol. The number of carbonyl (C=O) groups is 1. The van der Waals surface area contributed by atoms with Crippen molar-refractivity contribution in [3.05, 3.63) is 11.7 Å². The zero-order valence-corrected chi connectivity index (χ0v) is 10.6. The van der Waals surface area contributed by atoms with Crippen LogP contribution in [0.25, 0.3) is 0 Å². The average Bonchev–Trinajstić information content (AvgIpc) is 2.83. The number of nitrogens with zero attached hydrogens (tertiary/aromatic N) is 3. The highest BCUT2D eigenvalue weighted by Gasteiger charge is 2.33. The molecule has 94 valence electrons. The van der Waals surface area contributed by atoms with Gasteiger partial charge >= 0.3 is 0 Å². The van der Waals surface area contributed by atoms with E-state index in [0.717, 1.165) is 19.4 Å². The van der Waals surface area contributed by atoms with Crippen LogP contribution in [-0.2, 0) is 4.79 Å². The van der Waals surface area contributed by atoms with E-state index in [1.165, 1.54) is 0 Å². The van der Waals surface area contributed by atoms with Crippen LogP contribution in [-0.4, -0.2) is 27.5 Å². The summed E-state index contributed by atoms with van der Waals surface area (Å²) in [5, 5.41) is 3.79. The third kappa shape index (κ3) is 2.65. The van der Waals surface area contributed by atoms with E-state index in [-0.39, 0.29) is 11.9 Å². The Labute approximate surface area is 101 Å². The topological polar surface area (TPSA) is 59.2 Å². The van der Waals surface area contributed by atoms with Crippen molar-refractivity contribution in [2.75, 3.05) is 6.54 Å².